The van der Waals surface area contributed by atoms with E-state index in [1.54, 1.807) is 0 Å². The van der Waals surface area contributed by atoms with Crippen LogP contribution in [-0.2, 0) is 19.5 Å². The van der Waals surface area contributed by atoms with Gasteiger partial charge < -0.3 is 5.32 Å². The second-order valence-electron chi connectivity index (χ2n) is 4.67. The van der Waals surface area contributed by atoms with E-state index in [2.05, 4.69) is 56.6 Å². The molecule has 2 rings (SSSR count). The third kappa shape index (κ3) is 3.31. The van der Waals surface area contributed by atoms with Crippen LogP contribution in [0.1, 0.15) is 38.1 Å². The van der Waals surface area contributed by atoms with Gasteiger partial charge in [-0.2, -0.15) is 16.9 Å². The Morgan fingerprint density at radius 1 is 1.50 bits per heavy atom. The monoisotopic (exact) mass is 331 g/mol. The number of hydrogen-bond acceptors (Lipinski definition) is 3. The minimum Gasteiger partial charge on any atom is -0.308 e. The first-order chi connectivity index (χ1) is 8.76. The van der Waals surface area contributed by atoms with Crippen LogP contribution in [0.15, 0.2) is 4.47 Å². The van der Waals surface area contributed by atoms with Gasteiger partial charge in [-0.25, -0.2) is 0 Å². The number of nitrogens with one attached hydrogen (secondary N) is 1. The maximum atomic E-state index is 4.64. The summed E-state index contributed by atoms with van der Waals surface area (Å²) in [7, 11) is 0. The van der Waals surface area contributed by atoms with Crippen LogP contribution in [0.25, 0.3) is 0 Å². The summed E-state index contributed by atoms with van der Waals surface area (Å²) in [5.74, 6) is 2.58. The van der Waals surface area contributed by atoms with Gasteiger partial charge in [-0.05, 0) is 47.9 Å². The van der Waals surface area contributed by atoms with E-state index >= 15 is 0 Å². The van der Waals surface area contributed by atoms with E-state index in [9.17, 15) is 0 Å². The van der Waals surface area contributed by atoms with Gasteiger partial charge in [0.15, 0.2) is 0 Å². The number of aryl methyl sites for hydroxylation is 2. The quantitative estimate of drug-likeness (QED) is 0.898. The molecule has 0 aromatic carbocycles. The van der Waals surface area contributed by atoms with Gasteiger partial charge in [-0.15, -0.1) is 0 Å². The highest BCUT2D eigenvalue weighted by molar-refractivity contribution is 9.10. The molecular formula is C13H22BrN3S. The Hall–Kier alpha value is -0.000000000000000111. The van der Waals surface area contributed by atoms with Crippen molar-refractivity contribution in [1.29, 1.82) is 0 Å². The largest absolute Gasteiger partial charge is 0.308 e. The number of rotatable bonds is 5. The Morgan fingerprint density at radius 2 is 2.33 bits per heavy atom. The van der Waals surface area contributed by atoms with Gasteiger partial charge in [0, 0.05) is 24.9 Å². The molecular weight excluding hydrogens is 310 g/mol. The summed E-state index contributed by atoms with van der Waals surface area (Å²) in [6.07, 6.45) is 3.64. The van der Waals surface area contributed by atoms with Crippen LogP contribution < -0.4 is 5.32 Å². The van der Waals surface area contributed by atoms with Crippen molar-refractivity contribution in [3.63, 3.8) is 0 Å². The molecule has 1 aromatic heterocycles. The first kappa shape index (κ1) is 14.4. The predicted molar refractivity (Wildman–Crippen MR) is 82.2 cm³/mol. The van der Waals surface area contributed by atoms with Crippen molar-refractivity contribution < 1.29 is 0 Å². The van der Waals surface area contributed by atoms with Crippen LogP contribution in [0.4, 0.5) is 0 Å². The first-order valence-electron chi connectivity index (χ1n) is 6.81. The van der Waals surface area contributed by atoms with Crippen molar-refractivity contribution in [3.05, 3.63) is 15.9 Å². The zero-order chi connectivity index (χ0) is 13.0. The first-order valence-corrected chi connectivity index (χ1v) is 8.76. The van der Waals surface area contributed by atoms with E-state index < -0.39 is 0 Å². The molecule has 0 amide bonds. The molecule has 0 aliphatic carbocycles. The third-order valence-corrected chi connectivity index (χ3v) is 5.54. The lowest BCUT2D eigenvalue weighted by Gasteiger charge is -2.22. The summed E-state index contributed by atoms with van der Waals surface area (Å²) in [6, 6.07) is 0.668. The molecule has 2 heterocycles. The summed E-state index contributed by atoms with van der Waals surface area (Å²) in [5.41, 5.74) is 2.47. The molecule has 1 aliphatic rings. The van der Waals surface area contributed by atoms with Crippen LogP contribution >= 0.6 is 27.7 Å². The zero-order valence-corrected chi connectivity index (χ0v) is 13.6. The van der Waals surface area contributed by atoms with E-state index in [4.69, 9.17) is 0 Å². The third-order valence-electron chi connectivity index (χ3n) is 3.41. The highest BCUT2D eigenvalue weighted by atomic mass is 79.9. The standard InChI is InChI=1S/C13H22BrN3S/c1-3-11-13(14)12(17(4-2)16-11)8-15-10-6-5-7-18-9-10/h10,15H,3-9H2,1-2H3. The number of nitrogens with zero attached hydrogens (tertiary/aromatic N) is 2. The Kier molecular flexibility index (Phi) is 5.57. The Balaban J connectivity index is 2.01. The molecule has 3 nitrogen and oxygen atoms in total. The summed E-state index contributed by atoms with van der Waals surface area (Å²) in [6.45, 7) is 6.17. The van der Waals surface area contributed by atoms with Gasteiger partial charge in [0.2, 0.25) is 0 Å². The minimum absolute atomic E-state index is 0.668. The second kappa shape index (κ2) is 6.96. The lowest BCUT2D eigenvalue weighted by Crippen LogP contribution is -2.34. The lowest BCUT2D eigenvalue weighted by molar-refractivity contribution is 0.486. The fourth-order valence-corrected chi connectivity index (χ4v) is 4.14. The van der Waals surface area contributed by atoms with Crippen molar-refractivity contribution in [1.82, 2.24) is 15.1 Å². The molecule has 0 radical (unpaired) electrons. The molecule has 0 spiro atoms. The van der Waals surface area contributed by atoms with E-state index in [1.807, 2.05) is 0 Å². The van der Waals surface area contributed by atoms with Crippen LogP contribution in [0, 0.1) is 0 Å². The van der Waals surface area contributed by atoms with Crippen LogP contribution in [-0.4, -0.2) is 27.3 Å². The van der Waals surface area contributed by atoms with Crippen LogP contribution in [0.3, 0.4) is 0 Å². The maximum Gasteiger partial charge on any atom is 0.0767 e. The molecule has 1 N–H and O–H groups in total. The Labute approximate surface area is 122 Å². The molecule has 1 fully saturated rings. The Morgan fingerprint density at radius 3 is 2.94 bits per heavy atom. The number of aromatic nitrogens is 2. The summed E-state index contributed by atoms with van der Waals surface area (Å²) < 4.78 is 3.31. The summed E-state index contributed by atoms with van der Waals surface area (Å²) in [5, 5.41) is 8.31. The molecule has 1 atom stereocenters. The van der Waals surface area contributed by atoms with Gasteiger partial charge >= 0.3 is 0 Å². The molecule has 0 bridgehead atoms. The topological polar surface area (TPSA) is 29.9 Å². The molecule has 5 heteroatoms. The molecule has 1 unspecified atom stereocenters. The smallest absolute Gasteiger partial charge is 0.0767 e. The molecule has 1 aromatic rings. The highest BCUT2D eigenvalue weighted by Gasteiger charge is 2.17. The molecule has 0 saturated carbocycles. The normalized spacial score (nSPS) is 20.3. The van der Waals surface area contributed by atoms with Gasteiger partial charge in [0.05, 0.1) is 15.9 Å². The van der Waals surface area contributed by atoms with Crippen molar-refractivity contribution in [3.8, 4) is 0 Å². The highest BCUT2D eigenvalue weighted by Crippen LogP contribution is 2.23. The van der Waals surface area contributed by atoms with Gasteiger partial charge in [-0.1, -0.05) is 6.92 Å². The molecule has 1 aliphatic heterocycles. The minimum atomic E-state index is 0.668. The van der Waals surface area contributed by atoms with Crippen molar-refractivity contribution in [2.75, 3.05) is 11.5 Å². The van der Waals surface area contributed by atoms with E-state index in [1.165, 1.54) is 40.2 Å². The summed E-state index contributed by atoms with van der Waals surface area (Å²) in [4.78, 5) is 0. The van der Waals surface area contributed by atoms with Gasteiger partial charge in [0.25, 0.3) is 0 Å². The van der Waals surface area contributed by atoms with E-state index in [0.717, 1.165) is 19.5 Å². The Bertz CT molecular complexity index is 386. The average molecular weight is 332 g/mol. The van der Waals surface area contributed by atoms with Crippen LogP contribution in [0.5, 0.6) is 0 Å². The average Bonchev–Trinajstić information content (AvgIpc) is 2.73. The van der Waals surface area contributed by atoms with Crippen molar-refractivity contribution in [2.24, 2.45) is 0 Å². The fourth-order valence-electron chi connectivity index (χ4n) is 2.33. The fraction of sp³-hybridized carbons (Fsp3) is 0.769. The molecule has 102 valence electrons. The number of thioether (sulfide) groups is 1. The zero-order valence-electron chi connectivity index (χ0n) is 11.2. The van der Waals surface area contributed by atoms with E-state index in [-0.39, 0.29) is 0 Å². The van der Waals surface area contributed by atoms with Gasteiger partial charge in [-0.3, -0.25) is 4.68 Å². The van der Waals surface area contributed by atoms with Crippen molar-refractivity contribution >= 4 is 27.7 Å². The molecule has 1 saturated heterocycles. The SMILES string of the molecule is CCc1nn(CC)c(CNC2CCCSC2)c1Br. The van der Waals surface area contributed by atoms with Crippen molar-refractivity contribution in [2.45, 2.75) is 52.2 Å². The molecule has 18 heavy (non-hydrogen) atoms. The number of halogens is 1. The predicted octanol–water partition coefficient (Wildman–Crippen LogP) is 3.21. The van der Waals surface area contributed by atoms with Gasteiger partial charge in [0.1, 0.15) is 0 Å². The second-order valence-corrected chi connectivity index (χ2v) is 6.61. The maximum absolute atomic E-state index is 4.64. The number of hydrogen-bond donors (Lipinski definition) is 1. The summed E-state index contributed by atoms with van der Waals surface area (Å²) >= 11 is 5.76. The lowest BCUT2D eigenvalue weighted by atomic mass is 10.2. The van der Waals surface area contributed by atoms with E-state index in [0.29, 0.717) is 6.04 Å². The van der Waals surface area contributed by atoms with Crippen LogP contribution in [0.2, 0.25) is 0 Å².